The minimum Gasteiger partial charge on any atom is -0.293 e. The van der Waals surface area contributed by atoms with Crippen molar-refractivity contribution in [2.24, 2.45) is 0 Å². The van der Waals surface area contributed by atoms with E-state index in [1.807, 2.05) is 30.5 Å². The molecule has 7 heteroatoms. The fourth-order valence-electron chi connectivity index (χ4n) is 2.39. The SMILES string of the molecule is Cc1ccsc1C=c1sc(=C(C#N)C#N)n(Cc2ccc(F)cc2)c1=O. The fourth-order valence-corrected chi connectivity index (χ4v) is 4.36. The van der Waals surface area contributed by atoms with Crippen molar-refractivity contribution in [3.63, 3.8) is 0 Å². The third kappa shape index (κ3) is 3.50. The first-order valence-electron chi connectivity index (χ1n) is 7.58. The molecule has 4 nitrogen and oxygen atoms in total. The number of nitrogens with zero attached hydrogens (tertiary/aromatic N) is 3. The second-order valence-corrected chi connectivity index (χ2v) is 7.48. The smallest absolute Gasteiger partial charge is 0.269 e. The Morgan fingerprint density at radius 3 is 2.50 bits per heavy atom. The zero-order chi connectivity index (χ0) is 18.7. The van der Waals surface area contributed by atoms with Gasteiger partial charge in [-0.15, -0.1) is 22.7 Å². The zero-order valence-corrected chi connectivity index (χ0v) is 15.3. The highest BCUT2D eigenvalue weighted by molar-refractivity contribution is 7.11. The van der Waals surface area contributed by atoms with Gasteiger partial charge in [-0.1, -0.05) is 12.1 Å². The number of hydrogen-bond acceptors (Lipinski definition) is 5. The molecule has 0 atom stereocenters. The number of thiophene rings is 1. The Hall–Kier alpha value is -3.00. The number of aromatic nitrogens is 1. The largest absolute Gasteiger partial charge is 0.293 e. The van der Waals surface area contributed by atoms with Crippen LogP contribution in [0, 0.1) is 35.4 Å². The highest BCUT2D eigenvalue weighted by Crippen LogP contribution is 2.15. The van der Waals surface area contributed by atoms with E-state index in [9.17, 15) is 19.7 Å². The predicted octanol–water partition coefficient (Wildman–Crippen LogP) is 2.49. The summed E-state index contributed by atoms with van der Waals surface area (Å²) in [4.78, 5) is 13.8. The fraction of sp³-hybridized carbons (Fsp3) is 0.105. The summed E-state index contributed by atoms with van der Waals surface area (Å²) in [5.41, 5.74) is 1.38. The van der Waals surface area contributed by atoms with Crippen molar-refractivity contribution >= 4 is 34.3 Å². The lowest BCUT2D eigenvalue weighted by Crippen LogP contribution is -2.32. The summed E-state index contributed by atoms with van der Waals surface area (Å²) in [6.07, 6.45) is 1.78. The Labute approximate surface area is 156 Å². The number of halogens is 1. The molecule has 0 aliphatic rings. The molecule has 0 saturated carbocycles. The maximum absolute atomic E-state index is 13.1. The molecule has 3 aromatic rings. The van der Waals surface area contributed by atoms with E-state index in [-0.39, 0.29) is 23.5 Å². The number of thiazole rings is 1. The number of aryl methyl sites for hydroxylation is 1. The monoisotopic (exact) mass is 381 g/mol. The van der Waals surface area contributed by atoms with Crippen molar-refractivity contribution in [3.8, 4) is 12.1 Å². The van der Waals surface area contributed by atoms with Crippen LogP contribution >= 0.6 is 22.7 Å². The number of rotatable bonds is 3. The zero-order valence-electron chi connectivity index (χ0n) is 13.7. The molecule has 1 aromatic carbocycles. The highest BCUT2D eigenvalue weighted by atomic mass is 32.1. The first kappa shape index (κ1) is 17.8. The summed E-state index contributed by atoms with van der Waals surface area (Å²) < 4.78 is 15.3. The topological polar surface area (TPSA) is 69.6 Å². The van der Waals surface area contributed by atoms with Crippen LogP contribution in [0.4, 0.5) is 4.39 Å². The van der Waals surface area contributed by atoms with E-state index in [1.54, 1.807) is 18.2 Å². The van der Waals surface area contributed by atoms with Crippen molar-refractivity contribution < 1.29 is 4.39 Å². The molecule has 0 aliphatic heterocycles. The molecule has 2 aromatic heterocycles. The molecule has 0 amide bonds. The number of benzene rings is 1. The van der Waals surface area contributed by atoms with Crippen molar-refractivity contribution in [3.05, 3.63) is 77.1 Å². The quantitative estimate of drug-likeness (QED) is 0.700. The molecule has 2 heterocycles. The highest BCUT2D eigenvalue weighted by Gasteiger charge is 2.10. The summed E-state index contributed by atoms with van der Waals surface area (Å²) >= 11 is 2.64. The summed E-state index contributed by atoms with van der Waals surface area (Å²) in [5.74, 6) is -0.366. The average molecular weight is 381 g/mol. The average Bonchev–Trinajstić information content (AvgIpc) is 3.17. The van der Waals surface area contributed by atoms with Crippen molar-refractivity contribution in [2.75, 3.05) is 0 Å². The minimum absolute atomic E-state index is 0.114. The molecule has 128 valence electrons. The van der Waals surface area contributed by atoms with Gasteiger partial charge in [0.05, 0.1) is 11.1 Å². The van der Waals surface area contributed by atoms with Crippen molar-refractivity contribution in [1.29, 1.82) is 10.5 Å². The first-order chi connectivity index (χ1) is 12.5. The van der Waals surface area contributed by atoms with Crippen molar-refractivity contribution in [2.45, 2.75) is 13.5 Å². The molecule has 0 spiro atoms. The standard InChI is InChI=1S/C19H12FN3OS2/c1-12-6-7-25-16(12)8-17-18(24)23(19(26-17)14(9-21)10-22)11-13-2-4-15(20)5-3-13/h2-8H,11H2,1H3. The van der Waals surface area contributed by atoms with E-state index in [0.717, 1.165) is 21.8 Å². The molecule has 3 rings (SSSR count). The van der Waals surface area contributed by atoms with Crippen LogP contribution in [-0.4, -0.2) is 4.57 Å². The lowest BCUT2D eigenvalue weighted by molar-refractivity contribution is 0.626. The molecule has 0 aliphatic carbocycles. The van der Waals surface area contributed by atoms with Gasteiger partial charge in [0.1, 0.15) is 22.6 Å². The van der Waals surface area contributed by atoms with E-state index < -0.39 is 0 Å². The molecule has 0 fully saturated rings. The number of hydrogen-bond donors (Lipinski definition) is 0. The second-order valence-electron chi connectivity index (χ2n) is 5.50. The van der Waals surface area contributed by atoms with Gasteiger partial charge in [-0.2, -0.15) is 10.5 Å². The van der Waals surface area contributed by atoms with E-state index in [1.165, 1.54) is 28.0 Å². The normalized spacial score (nSPS) is 11.2. The van der Waals surface area contributed by atoms with Gasteiger partial charge in [0, 0.05) is 4.88 Å². The summed E-state index contributed by atoms with van der Waals surface area (Å²) in [6, 6.07) is 11.4. The van der Waals surface area contributed by atoms with Gasteiger partial charge in [-0.25, -0.2) is 4.39 Å². The van der Waals surface area contributed by atoms with E-state index >= 15 is 0 Å². The van der Waals surface area contributed by atoms with Crippen LogP contribution < -0.4 is 14.8 Å². The van der Waals surface area contributed by atoms with Gasteiger partial charge in [0.2, 0.25) is 0 Å². The van der Waals surface area contributed by atoms with Gasteiger partial charge in [-0.05, 0) is 47.7 Å². The molecule has 0 bridgehead atoms. The van der Waals surface area contributed by atoms with Gasteiger partial charge >= 0.3 is 0 Å². The molecule has 26 heavy (non-hydrogen) atoms. The Morgan fingerprint density at radius 1 is 1.23 bits per heavy atom. The van der Waals surface area contributed by atoms with Crippen LogP contribution in [0.2, 0.25) is 0 Å². The Balaban J connectivity index is 2.25. The van der Waals surface area contributed by atoms with Crippen LogP contribution in [-0.2, 0) is 6.54 Å². The van der Waals surface area contributed by atoms with Gasteiger partial charge in [0.15, 0.2) is 5.57 Å². The molecule has 0 N–H and O–H groups in total. The lowest BCUT2D eigenvalue weighted by atomic mass is 10.2. The summed E-state index contributed by atoms with van der Waals surface area (Å²) in [5, 5.41) is 20.4. The van der Waals surface area contributed by atoms with Crippen LogP contribution in [0.1, 0.15) is 16.0 Å². The van der Waals surface area contributed by atoms with Gasteiger partial charge in [-0.3, -0.25) is 9.36 Å². The summed E-state index contributed by atoms with van der Waals surface area (Å²) in [7, 11) is 0. The van der Waals surface area contributed by atoms with Gasteiger partial charge < -0.3 is 0 Å². The number of nitriles is 2. The Morgan fingerprint density at radius 2 is 1.92 bits per heavy atom. The maximum Gasteiger partial charge on any atom is 0.269 e. The first-order valence-corrected chi connectivity index (χ1v) is 9.27. The molecule has 0 radical (unpaired) electrons. The van der Waals surface area contributed by atoms with E-state index in [2.05, 4.69) is 0 Å². The Kier molecular flexibility index (Phi) is 5.13. The third-order valence-corrected chi connectivity index (χ3v) is 5.86. The second kappa shape index (κ2) is 7.49. The van der Waals surface area contributed by atoms with Crippen LogP contribution in [0.5, 0.6) is 0 Å². The van der Waals surface area contributed by atoms with Crippen LogP contribution in [0.25, 0.3) is 11.6 Å². The van der Waals surface area contributed by atoms with Gasteiger partial charge in [0.25, 0.3) is 5.56 Å². The minimum atomic E-state index is -0.366. The Bertz CT molecular complexity index is 1200. The molecular formula is C19H12FN3OS2. The van der Waals surface area contributed by atoms with E-state index in [4.69, 9.17) is 0 Å². The summed E-state index contributed by atoms with van der Waals surface area (Å²) in [6.45, 7) is 2.12. The third-order valence-electron chi connectivity index (χ3n) is 3.76. The lowest BCUT2D eigenvalue weighted by Gasteiger charge is -2.02. The molecule has 0 unspecified atom stereocenters. The maximum atomic E-state index is 13.1. The van der Waals surface area contributed by atoms with E-state index in [0.29, 0.717) is 14.8 Å². The van der Waals surface area contributed by atoms with Crippen molar-refractivity contribution in [1.82, 2.24) is 4.57 Å². The van der Waals surface area contributed by atoms with Crippen LogP contribution in [0.15, 0.2) is 40.5 Å². The molecule has 0 saturated heterocycles. The van der Waals surface area contributed by atoms with Crippen LogP contribution in [0.3, 0.4) is 0 Å². The predicted molar refractivity (Wildman–Crippen MR) is 101 cm³/mol. The molecular weight excluding hydrogens is 369 g/mol.